The standard InChI is InChI=1S/C24H29BN4O4/c1-23(2)24(3,4)33-25(32-23)19-8-6-7-18-17(19)9-10-29-20(18)11-21(26-12-22(29)30)28-13-16(14-31-5)27-15-28/h6-8,11,13,15H,9-10,12,14H2,1-5H3. The van der Waals surface area contributed by atoms with Gasteiger partial charge >= 0.3 is 7.12 Å². The van der Waals surface area contributed by atoms with Gasteiger partial charge in [-0.05, 0) is 45.1 Å². The van der Waals surface area contributed by atoms with Gasteiger partial charge in [-0.15, -0.1) is 0 Å². The normalized spacial score (nSPS) is 21.3. The number of aromatic nitrogens is 2. The number of methoxy groups -OCH3 is 1. The zero-order valence-corrected chi connectivity index (χ0v) is 19.8. The third-order valence-electron chi connectivity index (χ3n) is 7.01. The summed E-state index contributed by atoms with van der Waals surface area (Å²) in [6, 6.07) is 6.13. The second-order valence-corrected chi connectivity index (χ2v) is 9.67. The lowest BCUT2D eigenvalue weighted by molar-refractivity contribution is -0.126. The van der Waals surface area contributed by atoms with E-state index in [1.807, 2.05) is 27.8 Å². The van der Waals surface area contributed by atoms with Crippen molar-refractivity contribution in [3.63, 3.8) is 0 Å². The van der Waals surface area contributed by atoms with E-state index in [9.17, 15) is 4.79 Å². The van der Waals surface area contributed by atoms with Crippen LogP contribution in [-0.2, 0) is 31.9 Å². The fraction of sp³-hybridized carbons (Fsp3) is 0.458. The maximum Gasteiger partial charge on any atom is 0.495 e. The minimum atomic E-state index is -0.447. The van der Waals surface area contributed by atoms with Crippen LogP contribution in [-0.4, -0.2) is 64.7 Å². The van der Waals surface area contributed by atoms with Crippen LogP contribution in [0.15, 0.2) is 41.8 Å². The van der Waals surface area contributed by atoms with Crippen LogP contribution < -0.4 is 5.46 Å². The summed E-state index contributed by atoms with van der Waals surface area (Å²) in [5.41, 5.74) is 3.99. The Balaban J connectivity index is 1.56. The molecule has 0 saturated carbocycles. The van der Waals surface area contributed by atoms with Crippen LogP contribution in [0.3, 0.4) is 0 Å². The maximum absolute atomic E-state index is 12.9. The third-order valence-corrected chi connectivity index (χ3v) is 7.01. The highest BCUT2D eigenvalue weighted by atomic mass is 16.7. The van der Waals surface area contributed by atoms with Crippen LogP contribution in [0.5, 0.6) is 0 Å². The molecule has 172 valence electrons. The van der Waals surface area contributed by atoms with Gasteiger partial charge in [0.25, 0.3) is 0 Å². The van der Waals surface area contributed by atoms with Gasteiger partial charge in [-0.1, -0.05) is 18.2 Å². The lowest BCUT2D eigenvalue weighted by Gasteiger charge is -2.32. The molecule has 4 heterocycles. The average Bonchev–Trinajstić information content (AvgIpc) is 3.25. The molecule has 2 aromatic rings. The van der Waals surface area contributed by atoms with E-state index in [2.05, 4.69) is 49.8 Å². The average molecular weight is 448 g/mol. The Kier molecular flexibility index (Phi) is 5.31. The molecule has 5 rings (SSSR count). The highest BCUT2D eigenvalue weighted by Crippen LogP contribution is 2.38. The lowest BCUT2D eigenvalue weighted by Crippen LogP contribution is -2.42. The number of rotatable bonds is 3. The minimum Gasteiger partial charge on any atom is -0.399 e. The number of benzene rings is 1. The molecule has 0 spiro atoms. The van der Waals surface area contributed by atoms with Crippen molar-refractivity contribution in [2.45, 2.75) is 51.9 Å². The molecule has 1 amide bonds. The van der Waals surface area contributed by atoms with Crippen LogP contribution in [0.2, 0.25) is 0 Å². The molecule has 0 atom stereocenters. The first kappa shape index (κ1) is 22.1. The molecule has 0 unspecified atom stereocenters. The van der Waals surface area contributed by atoms with E-state index in [0.29, 0.717) is 19.0 Å². The molecule has 1 saturated heterocycles. The Morgan fingerprint density at radius 3 is 2.67 bits per heavy atom. The summed E-state index contributed by atoms with van der Waals surface area (Å²) < 4.78 is 19.7. The number of allylic oxidation sites excluding steroid dienone is 1. The second-order valence-electron chi connectivity index (χ2n) is 9.67. The van der Waals surface area contributed by atoms with Crippen molar-refractivity contribution in [3.8, 4) is 0 Å². The van der Waals surface area contributed by atoms with E-state index in [1.54, 1.807) is 13.4 Å². The number of hydrogen-bond acceptors (Lipinski definition) is 6. The van der Waals surface area contributed by atoms with Crippen LogP contribution in [0.1, 0.15) is 44.5 Å². The van der Waals surface area contributed by atoms with Crippen LogP contribution in [0.4, 0.5) is 0 Å². The van der Waals surface area contributed by atoms with Crippen LogP contribution in [0, 0.1) is 0 Å². The Bertz CT molecular complexity index is 1150. The highest BCUT2D eigenvalue weighted by Gasteiger charge is 2.52. The quantitative estimate of drug-likeness (QED) is 0.672. The van der Waals surface area contributed by atoms with Gasteiger partial charge in [0.2, 0.25) is 5.91 Å². The van der Waals surface area contributed by atoms with Gasteiger partial charge in [0.15, 0.2) is 0 Å². The van der Waals surface area contributed by atoms with Crippen LogP contribution in [0.25, 0.3) is 5.70 Å². The minimum absolute atomic E-state index is 0.0137. The molecule has 8 nitrogen and oxygen atoms in total. The molecule has 0 N–H and O–H groups in total. The van der Waals surface area contributed by atoms with Crippen LogP contribution >= 0.6 is 0 Å². The van der Waals surface area contributed by atoms with Crippen molar-refractivity contribution >= 4 is 30.0 Å². The van der Waals surface area contributed by atoms with Crippen molar-refractivity contribution in [3.05, 3.63) is 53.6 Å². The van der Waals surface area contributed by atoms with Gasteiger partial charge < -0.3 is 18.9 Å². The predicted octanol–water partition coefficient (Wildman–Crippen LogP) is 2.01. The molecule has 1 fully saturated rings. The third kappa shape index (κ3) is 3.74. The summed E-state index contributed by atoms with van der Waals surface area (Å²) in [6.07, 6.45) is 6.28. The number of amides is 1. The smallest absolute Gasteiger partial charge is 0.399 e. The molecule has 1 aromatic carbocycles. The molecule has 1 aromatic heterocycles. The molecule has 0 aliphatic carbocycles. The summed E-state index contributed by atoms with van der Waals surface area (Å²) >= 11 is 0. The molecule has 3 aliphatic heterocycles. The first-order valence-corrected chi connectivity index (χ1v) is 11.3. The maximum atomic E-state index is 12.9. The summed E-state index contributed by atoms with van der Waals surface area (Å²) in [6.45, 7) is 9.34. The number of carbonyl (C=O) groups excluding carboxylic acids is 1. The molecule has 9 heteroatoms. The van der Waals surface area contributed by atoms with Crippen molar-refractivity contribution in [2.75, 3.05) is 20.2 Å². The first-order chi connectivity index (χ1) is 15.7. The van der Waals surface area contributed by atoms with E-state index in [1.165, 1.54) is 0 Å². The molecule has 0 radical (unpaired) electrons. The Labute approximate surface area is 194 Å². The van der Waals surface area contributed by atoms with Crippen molar-refractivity contribution in [1.82, 2.24) is 14.5 Å². The van der Waals surface area contributed by atoms with Crippen molar-refractivity contribution < 1.29 is 18.8 Å². The lowest BCUT2D eigenvalue weighted by atomic mass is 9.72. The number of hydrogen-bond donors (Lipinski definition) is 0. The topological polar surface area (TPSA) is 78.2 Å². The number of ether oxygens (including phenoxy) is 1. The fourth-order valence-corrected chi connectivity index (χ4v) is 4.49. The van der Waals surface area contributed by atoms with Gasteiger partial charge in [-0.3, -0.25) is 14.4 Å². The Morgan fingerprint density at radius 2 is 1.94 bits per heavy atom. The summed E-state index contributed by atoms with van der Waals surface area (Å²) in [7, 11) is 1.19. The van der Waals surface area contributed by atoms with E-state index < -0.39 is 18.3 Å². The molecular weight excluding hydrogens is 419 g/mol. The van der Waals surface area contributed by atoms with Gasteiger partial charge in [-0.2, -0.15) is 0 Å². The zero-order chi connectivity index (χ0) is 23.4. The predicted molar refractivity (Wildman–Crippen MR) is 126 cm³/mol. The van der Waals surface area contributed by atoms with Gasteiger partial charge in [-0.25, -0.2) is 4.98 Å². The first-order valence-electron chi connectivity index (χ1n) is 11.3. The molecular formula is C24H29BN4O4. The van der Waals surface area contributed by atoms with E-state index >= 15 is 0 Å². The molecule has 3 aliphatic rings. The number of nitrogens with zero attached hydrogens (tertiary/aromatic N) is 4. The SMILES string of the molecule is COCc1cn(C2=NCC(=O)N3CCc4c(B5OC(C)(C)C(C)(C)O5)cccc4C3=C2)cn1. The van der Waals surface area contributed by atoms with Crippen molar-refractivity contribution in [1.29, 1.82) is 0 Å². The van der Waals surface area contributed by atoms with Crippen molar-refractivity contribution in [2.24, 2.45) is 4.99 Å². The number of carbonyl (C=O) groups is 1. The van der Waals surface area contributed by atoms with E-state index in [-0.39, 0.29) is 12.5 Å². The second kappa shape index (κ2) is 7.93. The van der Waals surface area contributed by atoms with Gasteiger partial charge in [0.1, 0.15) is 18.7 Å². The van der Waals surface area contributed by atoms with E-state index in [4.69, 9.17) is 14.0 Å². The summed E-state index contributed by atoms with van der Waals surface area (Å²) in [4.78, 5) is 23.7. The van der Waals surface area contributed by atoms with Gasteiger partial charge in [0, 0.05) is 31.5 Å². The monoisotopic (exact) mass is 448 g/mol. The largest absolute Gasteiger partial charge is 0.495 e. The number of fused-ring (bicyclic) bond motifs is 3. The van der Waals surface area contributed by atoms with E-state index in [0.717, 1.165) is 34.4 Å². The highest BCUT2D eigenvalue weighted by molar-refractivity contribution is 6.62. The Hall–Kier alpha value is -2.75. The molecule has 33 heavy (non-hydrogen) atoms. The number of imidazole rings is 1. The number of aliphatic imine (C=N–C) groups is 1. The summed E-state index contributed by atoms with van der Waals surface area (Å²) in [5, 5.41) is 0. The molecule has 0 bridgehead atoms. The zero-order valence-electron chi connectivity index (χ0n) is 19.8. The van der Waals surface area contributed by atoms with Gasteiger partial charge in [0.05, 0.1) is 29.2 Å². The Morgan fingerprint density at radius 1 is 1.18 bits per heavy atom. The summed E-state index contributed by atoms with van der Waals surface area (Å²) in [5.74, 6) is 0.657. The fourth-order valence-electron chi connectivity index (χ4n) is 4.49.